The summed E-state index contributed by atoms with van der Waals surface area (Å²) >= 11 is 0. The molecule has 1 atom stereocenters. The molecule has 0 saturated carbocycles. The highest BCUT2D eigenvalue weighted by molar-refractivity contribution is 5.57. The maximum Gasteiger partial charge on any atom is 0.135 e. The Bertz CT molecular complexity index is 416. The predicted molar refractivity (Wildman–Crippen MR) is 77.2 cm³/mol. The van der Waals surface area contributed by atoms with Crippen LogP contribution in [0.1, 0.15) is 45.1 Å². The largest absolute Gasteiger partial charge is 0.383 e. The number of hydrogen-bond acceptors (Lipinski definition) is 5. The molecular weight excluding hydrogens is 240 g/mol. The van der Waals surface area contributed by atoms with Gasteiger partial charge < -0.3 is 15.8 Å². The van der Waals surface area contributed by atoms with Gasteiger partial charge in [0.1, 0.15) is 18.0 Å². The van der Waals surface area contributed by atoms with Crippen LogP contribution in [0, 0.1) is 5.92 Å². The molecule has 1 fully saturated rings. The van der Waals surface area contributed by atoms with Crippen LogP contribution in [-0.2, 0) is 4.74 Å². The number of ether oxygens (including phenoxy) is 1. The first kappa shape index (κ1) is 14.1. The van der Waals surface area contributed by atoms with Gasteiger partial charge in [-0.3, -0.25) is 0 Å². The Morgan fingerprint density at radius 3 is 2.58 bits per heavy atom. The Labute approximate surface area is 115 Å². The fourth-order valence-electron chi connectivity index (χ4n) is 2.64. The van der Waals surface area contributed by atoms with Crippen molar-refractivity contribution >= 4 is 11.6 Å². The molecule has 3 N–H and O–H groups in total. The van der Waals surface area contributed by atoms with Gasteiger partial charge in [0, 0.05) is 24.8 Å². The van der Waals surface area contributed by atoms with E-state index in [1.54, 1.807) is 0 Å². The van der Waals surface area contributed by atoms with E-state index in [4.69, 9.17) is 10.5 Å². The SMILES string of the molecule is CC(C)c1c(N)ncnc1NC(C)C1CCOCC1. The Kier molecular flexibility index (Phi) is 4.58. The first-order chi connectivity index (χ1) is 9.09. The topological polar surface area (TPSA) is 73.1 Å². The second-order valence-corrected chi connectivity index (χ2v) is 5.56. The second kappa shape index (κ2) is 6.19. The highest BCUT2D eigenvalue weighted by Gasteiger charge is 2.22. The number of rotatable bonds is 4. The minimum absolute atomic E-state index is 0.311. The van der Waals surface area contributed by atoms with Gasteiger partial charge >= 0.3 is 0 Å². The van der Waals surface area contributed by atoms with Crippen molar-refractivity contribution in [3.8, 4) is 0 Å². The van der Waals surface area contributed by atoms with E-state index < -0.39 is 0 Å². The number of nitrogens with zero attached hydrogens (tertiary/aromatic N) is 2. The smallest absolute Gasteiger partial charge is 0.135 e. The van der Waals surface area contributed by atoms with E-state index in [-0.39, 0.29) is 0 Å². The first-order valence-electron chi connectivity index (χ1n) is 7.04. The summed E-state index contributed by atoms with van der Waals surface area (Å²) in [4.78, 5) is 8.45. The molecule has 5 nitrogen and oxygen atoms in total. The van der Waals surface area contributed by atoms with E-state index in [1.165, 1.54) is 6.33 Å². The second-order valence-electron chi connectivity index (χ2n) is 5.56. The van der Waals surface area contributed by atoms with Crippen molar-refractivity contribution in [1.29, 1.82) is 0 Å². The Morgan fingerprint density at radius 2 is 1.95 bits per heavy atom. The molecule has 1 unspecified atom stereocenters. The molecule has 0 amide bonds. The van der Waals surface area contributed by atoms with Gasteiger partial charge in [0.25, 0.3) is 0 Å². The summed E-state index contributed by atoms with van der Waals surface area (Å²) in [5.41, 5.74) is 6.98. The van der Waals surface area contributed by atoms with Crippen LogP contribution in [0.15, 0.2) is 6.33 Å². The van der Waals surface area contributed by atoms with Crippen molar-refractivity contribution in [1.82, 2.24) is 9.97 Å². The van der Waals surface area contributed by atoms with Gasteiger partial charge in [0.2, 0.25) is 0 Å². The van der Waals surface area contributed by atoms with Crippen LogP contribution < -0.4 is 11.1 Å². The Balaban J connectivity index is 2.11. The third kappa shape index (κ3) is 3.35. The van der Waals surface area contributed by atoms with Crippen molar-refractivity contribution in [3.63, 3.8) is 0 Å². The van der Waals surface area contributed by atoms with Gasteiger partial charge in [-0.1, -0.05) is 13.8 Å². The first-order valence-corrected chi connectivity index (χ1v) is 7.04. The number of anilines is 2. The zero-order valence-electron chi connectivity index (χ0n) is 12.0. The monoisotopic (exact) mass is 264 g/mol. The molecule has 0 radical (unpaired) electrons. The van der Waals surface area contributed by atoms with E-state index >= 15 is 0 Å². The van der Waals surface area contributed by atoms with E-state index in [1.807, 2.05) is 0 Å². The normalized spacial score (nSPS) is 18.5. The van der Waals surface area contributed by atoms with Crippen molar-refractivity contribution in [2.75, 3.05) is 24.3 Å². The molecule has 19 heavy (non-hydrogen) atoms. The molecule has 1 aromatic rings. The molecule has 0 aromatic carbocycles. The number of nitrogens with two attached hydrogens (primary N) is 1. The third-order valence-electron chi connectivity index (χ3n) is 3.83. The molecule has 2 heterocycles. The van der Waals surface area contributed by atoms with Crippen molar-refractivity contribution in [3.05, 3.63) is 11.9 Å². The fourth-order valence-corrected chi connectivity index (χ4v) is 2.64. The number of nitrogens with one attached hydrogen (secondary N) is 1. The zero-order valence-corrected chi connectivity index (χ0v) is 12.0. The third-order valence-corrected chi connectivity index (χ3v) is 3.83. The molecule has 106 valence electrons. The fraction of sp³-hybridized carbons (Fsp3) is 0.714. The van der Waals surface area contributed by atoms with Gasteiger partial charge in [-0.15, -0.1) is 0 Å². The molecule has 5 heteroatoms. The Morgan fingerprint density at radius 1 is 1.26 bits per heavy atom. The van der Waals surface area contributed by atoms with Crippen molar-refractivity contribution < 1.29 is 4.74 Å². The lowest BCUT2D eigenvalue weighted by molar-refractivity contribution is 0.0622. The lowest BCUT2D eigenvalue weighted by Gasteiger charge is -2.29. The molecule has 1 aromatic heterocycles. The highest BCUT2D eigenvalue weighted by Crippen LogP contribution is 2.28. The summed E-state index contributed by atoms with van der Waals surface area (Å²) in [5.74, 6) is 2.39. The molecule has 1 aliphatic heterocycles. The molecule has 0 bridgehead atoms. The van der Waals surface area contributed by atoms with Gasteiger partial charge in [0.05, 0.1) is 0 Å². The molecule has 0 aliphatic carbocycles. The maximum atomic E-state index is 5.97. The molecule has 0 spiro atoms. The Hall–Kier alpha value is -1.36. The summed E-state index contributed by atoms with van der Waals surface area (Å²) in [7, 11) is 0. The van der Waals surface area contributed by atoms with Crippen LogP contribution in [0.3, 0.4) is 0 Å². The van der Waals surface area contributed by atoms with Crippen LogP contribution in [0.4, 0.5) is 11.6 Å². The summed E-state index contributed by atoms with van der Waals surface area (Å²) in [6, 6.07) is 0.371. The van der Waals surface area contributed by atoms with E-state index in [2.05, 4.69) is 36.1 Å². The number of nitrogen functional groups attached to an aromatic ring is 1. The average molecular weight is 264 g/mol. The minimum atomic E-state index is 0.311. The lowest BCUT2D eigenvalue weighted by Crippen LogP contribution is -2.31. The molecule has 1 aliphatic rings. The number of aromatic nitrogens is 2. The van der Waals surface area contributed by atoms with E-state index in [0.29, 0.717) is 23.7 Å². The van der Waals surface area contributed by atoms with Gasteiger partial charge in [-0.05, 0) is 31.6 Å². The molecule has 2 rings (SSSR count). The van der Waals surface area contributed by atoms with Crippen LogP contribution in [0.5, 0.6) is 0 Å². The van der Waals surface area contributed by atoms with Crippen LogP contribution in [-0.4, -0.2) is 29.2 Å². The quantitative estimate of drug-likeness (QED) is 0.873. The van der Waals surface area contributed by atoms with E-state index in [9.17, 15) is 0 Å². The lowest BCUT2D eigenvalue weighted by atomic mass is 9.92. The standard InChI is InChI=1S/C14H24N4O/c1-9(2)12-13(15)16-8-17-14(12)18-10(3)11-4-6-19-7-5-11/h8-11H,4-7H2,1-3H3,(H3,15,16,17,18). The van der Waals surface area contributed by atoms with Gasteiger partial charge in [-0.25, -0.2) is 9.97 Å². The van der Waals surface area contributed by atoms with E-state index in [0.717, 1.165) is 37.4 Å². The number of hydrogen-bond donors (Lipinski definition) is 2. The average Bonchev–Trinajstić information content (AvgIpc) is 2.39. The maximum absolute atomic E-state index is 5.97. The summed E-state index contributed by atoms with van der Waals surface area (Å²) in [6.07, 6.45) is 3.73. The zero-order chi connectivity index (χ0) is 13.8. The molecule has 1 saturated heterocycles. The molecular formula is C14H24N4O. The summed E-state index contributed by atoms with van der Waals surface area (Å²) < 4.78 is 5.41. The highest BCUT2D eigenvalue weighted by atomic mass is 16.5. The van der Waals surface area contributed by atoms with Crippen LogP contribution >= 0.6 is 0 Å². The summed E-state index contributed by atoms with van der Waals surface area (Å²) in [5, 5.41) is 3.52. The van der Waals surface area contributed by atoms with Crippen molar-refractivity contribution in [2.45, 2.75) is 45.6 Å². The predicted octanol–water partition coefficient (Wildman–Crippen LogP) is 2.41. The van der Waals surface area contributed by atoms with Gasteiger partial charge in [-0.2, -0.15) is 0 Å². The summed E-state index contributed by atoms with van der Waals surface area (Å²) in [6.45, 7) is 8.15. The minimum Gasteiger partial charge on any atom is -0.383 e. The van der Waals surface area contributed by atoms with Crippen LogP contribution in [0.2, 0.25) is 0 Å². The van der Waals surface area contributed by atoms with Gasteiger partial charge in [0.15, 0.2) is 0 Å². The van der Waals surface area contributed by atoms with Crippen molar-refractivity contribution in [2.24, 2.45) is 5.92 Å². The van der Waals surface area contributed by atoms with Crippen LogP contribution in [0.25, 0.3) is 0 Å².